The monoisotopic (exact) mass is 311 g/mol. The van der Waals surface area contributed by atoms with Crippen LogP contribution in [0.4, 0.5) is 8.78 Å². The van der Waals surface area contributed by atoms with Crippen molar-refractivity contribution < 1.29 is 8.78 Å². The largest absolute Gasteiger partial charge is 0.310 e. The minimum Gasteiger partial charge on any atom is -0.310 e. The van der Waals surface area contributed by atoms with E-state index in [0.29, 0.717) is 29.3 Å². The topological polar surface area (TPSA) is 12.0 Å². The fourth-order valence-corrected chi connectivity index (χ4v) is 4.41. The van der Waals surface area contributed by atoms with E-state index in [-0.39, 0.29) is 4.90 Å². The van der Waals surface area contributed by atoms with Crippen molar-refractivity contribution in [1.82, 2.24) is 5.32 Å². The second-order valence-electron chi connectivity index (χ2n) is 6.56. The van der Waals surface area contributed by atoms with Crippen molar-refractivity contribution in [3.05, 3.63) is 29.3 Å². The molecule has 0 radical (unpaired) electrons. The Bertz CT molecular complexity index is 479. The van der Waals surface area contributed by atoms with Crippen LogP contribution in [0.3, 0.4) is 0 Å². The number of halogens is 2. The lowest BCUT2D eigenvalue weighted by Crippen LogP contribution is -2.17. The van der Waals surface area contributed by atoms with Crippen LogP contribution in [0.2, 0.25) is 0 Å². The molecule has 2 unspecified atom stereocenters. The zero-order valence-electron chi connectivity index (χ0n) is 12.5. The van der Waals surface area contributed by atoms with E-state index in [1.165, 1.54) is 49.6 Å². The summed E-state index contributed by atoms with van der Waals surface area (Å²) in [7, 11) is 0. The number of hydrogen-bond donors (Lipinski definition) is 1. The first-order chi connectivity index (χ1) is 10.1. The van der Waals surface area contributed by atoms with E-state index in [4.69, 9.17) is 0 Å². The number of hydrogen-bond acceptors (Lipinski definition) is 2. The van der Waals surface area contributed by atoms with Gasteiger partial charge in [0.15, 0.2) is 0 Å². The molecule has 0 heterocycles. The number of benzene rings is 1. The minimum atomic E-state index is -0.397. The Kier molecular flexibility index (Phi) is 4.85. The third-order valence-corrected chi connectivity index (χ3v) is 5.79. The van der Waals surface area contributed by atoms with Gasteiger partial charge in [0, 0.05) is 17.8 Å². The van der Waals surface area contributed by atoms with Crippen molar-refractivity contribution >= 4 is 11.8 Å². The molecule has 3 rings (SSSR count). The van der Waals surface area contributed by atoms with E-state index < -0.39 is 11.6 Å². The molecule has 0 aromatic heterocycles. The van der Waals surface area contributed by atoms with Gasteiger partial charge in [-0.05, 0) is 49.3 Å². The van der Waals surface area contributed by atoms with E-state index in [1.807, 2.05) is 0 Å². The SMILES string of the molecule is CC1CCCC(Sc2c(F)cc(CNC3CC3)cc2F)C1. The first kappa shape index (κ1) is 15.3. The van der Waals surface area contributed by atoms with Gasteiger partial charge in [-0.25, -0.2) is 8.78 Å². The lowest BCUT2D eigenvalue weighted by atomic mass is 9.91. The first-order valence-corrected chi connectivity index (χ1v) is 8.87. The Morgan fingerprint density at radius 2 is 1.86 bits per heavy atom. The molecule has 1 nitrogen and oxygen atoms in total. The summed E-state index contributed by atoms with van der Waals surface area (Å²) < 4.78 is 28.4. The van der Waals surface area contributed by atoms with Crippen LogP contribution in [0.25, 0.3) is 0 Å². The first-order valence-electron chi connectivity index (χ1n) is 8.00. The summed E-state index contributed by atoms with van der Waals surface area (Å²) in [6.07, 6.45) is 6.91. The van der Waals surface area contributed by atoms with E-state index in [9.17, 15) is 8.78 Å². The Morgan fingerprint density at radius 1 is 1.14 bits per heavy atom. The van der Waals surface area contributed by atoms with E-state index in [0.717, 1.165) is 12.8 Å². The highest BCUT2D eigenvalue weighted by atomic mass is 32.2. The average molecular weight is 311 g/mol. The Hall–Kier alpha value is -0.610. The third kappa shape index (κ3) is 4.19. The molecule has 0 bridgehead atoms. The van der Waals surface area contributed by atoms with Crippen LogP contribution in [-0.4, -0.2) is 11.3 Å². The highest BCUT2D eigenvalue weighted by Gasteiger charge is 2.24. The second-order valence-corrected chi connectivity index (χ2v) is 7.87. The van der Waals surface area contributed by atoms with E-state index >= 15 is 0 Å². The van der Waals surface area contributed by atoms with Gasteiger partial charge < -0.3 is 5.32 Å². The van der Waals surface area contributed by atoms with Crippen molar-refractivity contribution in [2.45, 2.75) is 68.2 Å². The number of thioether (sulfide) groups is 1. The Morgan fingerprint density at radius 3 is 2.48 bits per heavy atom. The maximum atomic E-state index is 14.2. The van der Waals surface area contributed by atoms with Gasteiger partial charge in [0.25, 0.3) is 0 Å². The van der Waals surface area contributed by atoms with Gasteiger partial charge in [0.05, 0.1) is 4.90 Å². The summed E-state index contributed by atoms with van der Waals surface area (Å²) in [5, 5.41) is 3.65. The zero-order chi connectivity index (χ0) is 14.8. The Labute approximate surface area is 129 Å². The predicted molar refractivity (Wildman–Crippen MR) is 83.5 cm³/mol. The summed E-state index contributed by atoms with van der Waals surface area (Å²) in [6, 6.07) is 3.54. The summed E-state index contributed by atoms with van der Waals surface area (Å²) in [4.78, 5) is 0.212. The molecule has 0 amide bonds. The summed E-state index contributed by atoms with van der Waals surface area (Å²) in [6.45, 7) is 2.79. The van der Waals surface area contributed by atoms with E-state index in [2.05, 4.69) is 12.2 Å². The summed E-state index contributed by atoms with van der Waals surface area (Å²) >= 11 is 1.40. The van der Waals surface area contributed by atoms with Gasteiger partial charge in [0.1, 0.15) is 11.6 Å². The molecule has 1 aromatic carbocycles. The molecular formula is C17H23F2NS. The molecule has 2 atom stereocenters. The second kappa shape index (κ2) is 6.66. The van der Waals surface area contributed by atoms with Crippen LogP contribution < -0.4 is 5.32 Å². The maximum Gasteiger partial charge on any atom is 0.140 e. The smallest absolute Gasteiger partial charge is 0.140 e. The minimum absolute atomic E-state index is 0.212. The highest BCUT2D eigenvalue weighted by molar-refractivity contribution is 8.00. The molecule has 21 heavy (non-hydrogen) atoms. The zero-order valence-corrected chi connectivity index (χ0v) is 13.3. The molecule has 0 saturated heterocycles. The Balaban J connectivity index is 1.66. The fourth-order valence-electron chi connectivity index (χ4n) is 3.03. The average Bonchev–Trinajstić information content (AvgIpc) is 3.25. The van der Waals surface area contributed by atoms with Crippen LogP contribution in [0.15, 0.2) is 17.0 Å². The van der Waals surface area contributed by atoms with Crippen molar-refractivity contribution in [2.75, 3.05) is 0 Å². The van der Waals surface area contributed by atoms with Gasteiger partial charge in [0.2, 0.25) is 0 Å². The molecule has 2 aliphatic rings. The van der Waals surface area contributed by atoms with Gasteiger partial charge in [-0.1, -0.05) is 19.8 Å². The normalized spacial score (nSPS) is 26.0. The molecule has 2 aliphatic carbocycles. The van der Waals surface area contributed by atoms with Gasteiger partial charge in [-0.15, -0.1) is 11.8 Å². The molecule has 1 N–H and O–H groups in total. The fraction of sp³-hybridized carbons (Fsp3) is 0.647. The van der Waals surface area contributed by atoms with Crippen LogP contribution >= 0.6 is 11.8 Å². The van der Waals surface area contributed by atoms with Crippen LogP contribution in [0.1, 0.15) is 51.0 Å². The molecule has 1 aromatic rings. The molecule has 2 saturated carbocycles. The van der Waals surface area contributed by atoms with Crippen LogP contribution in [0, 0.1) is 17.6 Å². The van der Waals surface area contributed by atoms with Crippen molar-refractivity contribution in [3.63, 3.8) is 0 Å². The van der Waals surface area contributed by atoms with Gasteiger partial charge in [-0.3, -0.25) is 0 Å². The number of rotatable bonds is 5. The standard InChI is InChI=1S/C17H23F2NS/c1-11-3-2-4-14(7-11)21-17-15(18)8-12(9-16(17)19)10-20-13-5-6-13/h8-9,11,13-14,20H,2-7,10H2,1H3. The third-order valence-electron chi connectivity index (χ3n) is 4.40. The summed E-state index contributed by atoms with van der Waals surface area (Å²) in [5.74, 6) is -0.124. The summed E-state index contributed by atoms with van der Waals surface area (Å²) in [5.41, 5.74) is 0.707. The van der Waals surface area contributed by atoms with Gasteiger partial charge >= 0.3 is 0 Å². The lowest BCUT2D eigenvalue weighted by Gasteiger charge is -2.26. The molecule has 4 heteroatoms. The molecular weight excluding hydrogens is 288 g/mol. The molecule has 0 spiro atoms. The molecule has 0 aliphatic heterocycles. The highest BCUT2D eigenvalue weighted by Crippen LogP contribution is 2.38. The van der Waals surface area contributed by atoms with Gasteiger partial charge in [-0.2, -0.15) is 0 Å². The van der Waals surface area contributed by atoms with Crippen molar-refractivity contribution in [1.29, 1.82) is 0 Å². The number of nitrogens with one attached hydrogen (secondary N) is 1. The van der Waals surface area contributed by atoms with Crippen LogP contribution in [0.5, 0.6) is 0 Å². The van der Waals surface area contributed by atoms with Crippen LogP contribution in [-0.2, 0) is 6.54 Å². The lowest BCUT2D eigenvalue weighted by molar-refractivity contribution is 0.393. The van der Waals surface area contributed by atoms with Crippen molar-refractivity contribution in [2.24, 2.45) is 5.92 Å². The van der Waals surface area contributed by atoms with E-state index in [1.54, 1.807) is 0 Å². The predicted octanol–water partition coefficient (Wildman–Crippen LogP) is 4.89. The molecule has 2 fully saturated rings. The maximum absolute atomic E-state index is 14.2. The van der Waals surface area contributed by atoms with Crippen molar-refractivity contribution in [3.8, 4) is 0 Å². The quantitative estimate of drug-likeness (QED) is 0.831. The molecule has 116 valence electrons.